The molecule has 0 saturated carbocycles. The van der Waals surface area contributed by atoms with E-state index in [9.17, 15) is 4.79 Å². The summed E-state index contributed by atoms with van der Waals surface area (Å²) in [6, 6.07) is 7.68. The highest BCUT2D eigenvalue weighted by Gasteiger charge is 2.27. The van der Waals surface area contributed by atoms with Crippen LogP contribution in [0.1, 0.15) is 33.1 Å². The summed E-state index contributed by atoms with van der Waals surface area (Å²) in [6.07, 6.45) is 2.89. The molecule has 0 aromatic heterocycles. The molecule has 5 nitrogen and oxygen atoms in total. The van der Waals surface area contributed by atoms with Crippen molar-refractivity contribution in [3.8, 4) is 5.75 Å². The number of piperidine rings is 1. The van der Waals surface area contributed by atoms with Crippen LogP contribution in [0.5, 0.6) is 5.75 Å². The van der Waals surface area contributed by atoms with Crippen LogP contribution in [0.3, 0.4) is 0 Å². The van der Waals surface area contributed by atoms with Crippen LogP contribution in [0.4, 0.5) is 10.5 Å². The fourth-order valence-corrected chi connectivity index (χ4v) is 3.03. The van der Waals surface area contributed by atoms with Crippen LogP contribution in [-0.2, 0) is 0 Å². The highest BCUT2D eigenvalue weighted by molar-refractivity contribution is 5.73. The van der Waals surface area contributed by atoms with Gasteiger partial charge in [0.2, 0.25) is 0 Å². The smallest absolute Gasteiger partial charge is 0.408 e. The molecule has 1 aromatic carbocycles. The quantitative estimate of drug-likeness (QED) is 0.850. The lowest BCUT2D eigenvalue weighted by Crippen LogP contribution is -2.47. The summed E-state index contributed by atoms with van der Waals surface area (Å²) in [7, 11) is 0. The molecular formula is C17H27N3O2. The fourth-order valence-electron chi connectivity index (χ4n) is 3.03. The molecule has 22 heavy (non-hydrogen) atoms. The van der Waals surface area contributed by atoms with Crippen molar-refractivity contribution < 1.29 is 9.53 Å². The number of para-hydroxylation sites is 2. The van der Waals surface area contributed by atoms with E-state index in [1.165, 1.54) is 6.42 Å². The predicted molar refractivity (Wildman–Crippen MR) is 89.0 cm³/mol. The number of nitrogens with zero attached hydrogens (tertiary/aromatic N) is 2. The Labute approximate surface area is 133 Å². The van der Waals surface area contributed by atoms with Crippen molar-refractivity contribution in [2.45, 2.75) is 39.2 Å². The Morgan fingerprint density at radius 2 is 2.00 bits per heavy atom. The Morgan fingerprint density at radius 1 is 1.32 bits per heavy atom. The summed E-state index contributed by atoms with van der Waals surface area (Å²) < 4.78 is 5.40. The van der Waals surface area contributed by atoms with E-state index in [2.05, 4.69) is 18.7 Å². The fraction of sp³-hybridized carbons (Fsp3) is 0.588. The summed E-state index contributed by atoms with van der Waals surface area (Å²) in [6.45, 7) is 8.11. The lowest BCUT2D eigenvalue weighted by atomic mass is 10.0. The van der Waals surface area contributed by atoms with Crippen molar-refractivity contribution in [3.63, 3.8) is 0 Å². The number of hydrogen-bond donors (Lipinski definition) is 1. The molecule has 5 heteroatoms. The van der Waals surface area contributed by atoms with Gasteiger partial charge in [-0.3, -0.25) is 0 Å². The van der Waals surface area contributed by atoms with Gasteiger partial charge in [0.25, 0.3) is 0 Å². The number of likely N-dealkylation sites (tertiary alicyclic amines) is 1. The molecule has 1 saturated heterocycles. The molecule has 2 rings (SSSR count). The predicted octanol–water partition coefficient (Wildman–Crippen LogP) is 2.96. The van der Waals surface area contributed by atoms with E-state index in [0.717, 1.165) is 39.0 Å². The number of rotatable bonds is 5. The number of benzene rings is 1. The molecule has 0 atom stereocenters. The molecule has 1 heterocycles. The number of anilines is 1. The molecular weight excluding hydrogens is 278 g/mol. The normalized spacial score (nSPS) is 16.0. The van der Waals surface area contributed by atoms with E-state index in [1.807, 2.05) is 12.1 Å². The van der Waals surface area contributed by atoms with E-state index >= 15 is 0 Å². The number of nitrogen functional groups attached to an aromatic ring is 1. The van der Waals surface area contributed by atoms with Crippen LogP contribution in [0, 0.1) is 0 Å². The Morgan fingerprint density at radius 3 is 2.59 bits per heavy atom. The van der Waals surface area contributed by atoms with E-state index in [1.54, 1.807) is 17.0 Å². The van der Waals surface area contributed by atoms with Gasteiger partial charge in [-0.2, -0.15) is 0 Å². The van der Waals surface area contributed by atoms with Gasteiger partial charge < -0.3 is 20.3 Å². The highest BCUT2D eigenvalue weighted by Crippen LogP contribution is 2.22. The molecule has 1 aromatic rings. The lowest BCUT2D eigenvalue weighted by Gasteiger charge is -2.37. The highest BCUT2D eigenvalue weighted by atomic mass is 16.6. The van der Waals surface area contributed by atoms with Gasteiger partial charge in [-0.25, -0.2) is 4.79 Å². The second-order valence-electron chi connectivity index (χ2n) is 5.75. The molecule has 122 valence electrons. The van der Waals surface area contributed by atoms with Crippen LogP contribution >= 0.6 is 0 Å². The Kier molecular flexibility index (Phi) is 6.07. The van der Waals surface area contributed by atoms with Crippen LogP contribution in [0.15, 0.2) is 24.3 Å². The maximum atomic E-state index is 12.2. The summed E-state index contributed by atoms with van der Waals surface area (Å²) >= 11 is 0. The van der Waals surface area contributed by atoms with Crippen molar-refractivity contribution in [1.82, 2.24) is 9.80 Å². The maximum absolute atomic E-state index is 12.2. The van der Waals surface area contributed by atoms with Crippen LogP contribution < -0.4 is 10.5 Å². The van der Waals surface area contributed by atoms with Crippen LogP contribution in [-0.4, -0.2) is 48.1 Å². The van der Waals surface area contributed by atoms with Crippen molar-refractivity contribution in [3.05, 3.63) is 24.3 Å². The number of amides is 1. The van der Waals surface area contributed by atoms with Gasteiger partial charge in [0.05, 0.1) is 5.69 Å². The van der Waals surface area contributed by atoms with Gasteiger partial charge in [0.15, 0.2) is 5.75 Å². The van der Waals surface area contributed by atoms with Gasteiger partial charge in [-0.1, -0.05) is 26.0 Å². The monoisotopic (exact) mass is 305 g/mol. The van der Waals surface area contributed by atoms with Crippen molar-refractivity contribution in [1.29, 1.82) is 0 Å². The largest absolute Gasteiger partial charge is 0.415 e. The zero-order chi connectivity index (χ0) is 15.9. The van der Waals surface area contributed by atoms with Crippen molar-refractivity contribution in [2.75, 3.05) is 31.9 Å². The van der Waals surface area contributed by atoms with E-state index in [-0.39, 0.29) is 6.09 Å². The molecule has 0 bridgehead atoms. The van der Waals surface area contributed by atoms with Gasteiger partial charge in [0, 0.05) is 19.1 Å². The van der Waals surface area contributed by atoms with Crippen LogP contribution in [0.2, 0.25) is 0 Å². The van der Waals surface area contributed by atoms with Gasteiger partial charge in [-0.15, -0.1) is 0 Å². The molecule has 2 N–H and O–H groups in total. The number of hydrogen-bond acceptors (Lipinski definition) is 4. The average molecular weight is 305 g/mol. The Bertz CT molecular complexity index is 485. The van der Waals surface area contributed by atoms with E-state index in [4.69, 9.17) is 10.5 Å². The zero-order valence-electron chi connectivity index (χ0n) is 13.6. The number of carbonyl (C=O) groups is 1. The van der Waals surface area contributed by atoms with Crippen molar-refractivity contribution >= 4 is 11.8 Å². The first-order valence-electron chi connectivity index (χ1n) is 8.21. The molecule has 0 spiro atoms. The minimum Gasteiger partial charge on any atom is -0.408 e. The maximum Gasteiger partial charge on any atom is 0.415 e. The van der Waals surface area contributed by atoms with E-state index < -0.39 is 0 Å². The van der Waals surface area contributed by atoms with Gasteiger partial charge >= 0.3 is 6.09 Å². The number of ether oxygens (including phenoxy) is 1. The summed E-state index contributed by atoms with van der Waals surface area (Å²) in [5.41, 5.74) is 6.30. The van der Waals surface area contributed by atoms with Crippen molar-refractivity contribution in [2.24, 2.45) is 0 Å². The molecule has 1 aliphatic heterocycles. The molecule has 0 radical (unpaired) electrons. The zero-order valence-corrected chi connectivity index (χ0v) is 13.6. The first-order valence-corrected chi connectivity index (χ1v) is 8.21. The first-order chi connectivity index (χ1) is 10.7. The molecule has 1 amide bonds. The molecule has 0 unspecified atom stereocenters. The van der Waals surface area contributed by atoms with Gasteiger partial charge in [0.1, 0.15) is 0 Å². The second-order valence-corrected chi connectivity index (χ2v) is 5.75. The molecule has 1 aliphatic rings. The topological polar surface area (TPSA) is 58.8 Å². The third-order valence-corrected chi connectivity index (χ3v) is 4.27. The Balaban J connectivity index is 1.86. The Hall–Kier alpha value is -1.75. The lowest BCUT2D eigenvalue weighted by molar-refractivity contribution is 0.101. The summed E-state index contributed by atoms with van der Waals surface area (Å²) in [4.78, 5) is 16.5. The first kappa shape index (κ1) is 16.6. The minimum absolute atomic E-state index is 0.296. The summed E-state index contributed by atoms with van der Waals surface area (Å²) in [5.74, 6) is 0.441. The van der Waals surface area contributed by atoms with Gasteiger partial charge in [-0.05, 0) is 44.5 Å². The number of nitrogens with two attached hydrogens (primary N) is 1. The van der Waals surface area contributed by atoms with E-state index in [0.29, 0.717) is 17.5 Å². The molecule has 0 aliphatic carbocycles. The molecule has 1 fully saturated rings. The second kappa shape index (κ2) is 8.03. The number of carbonyl (C=O) groups excluding carboxylic acids is 1. The minimum atomic E-state index is -0.296. The average Bonchev–Trinajstić information content (AvgIpc) is 2.55. The third-order valence-electron chi connectivity index (χ3n) is 4.27. The standard InChI is InChI=1S/C17H27N3O2/c1-3-11-19(4-2)14-9-12-20(13-10-14)17(21)22-16-8-6-5-7-15(16)18/h5-8,14H,3-4,9-13,18H2,1-2H3. The third kappa shape index (κ3) is 4.13. The summed E-state index contributed by atoms with van der Waals surface area (Å²) in [5, 5.41) is 0. The van der Waals surface area contributed by atoms with Crippen LogP contribution in [0.25, 0.3) is 0 Å². The SMILES string of the molecule is CCCN(CC)C1CCN(C(=O)Oc2ccccc2N)CC1.